The van der Waals surface area contributed by atoms with Crippen LogP contribution in [0, 0.1) is 64.1 Å². The van der Waals surface area contributed by atoms with Crippen LogP contribution in [0.2, 0.25) is 0 Å². The monoisotopic (exact) mass is 393 g/mol. The van der Waals surface area contributed by atoms with E-state index in [0.717, 1.165) is 48.0 Å². The van der Waals surface area contributed by atoms with Crippen molar-refractivity contribution in [1.29, 1.82) is 5.26 Å². The van der Waals surface area contributed by atoms with Crippen LogP contribution < -0.4 is 0 Å². The van der Waals surface area contributed by atoms with Gasteiger partial charge in [0.15, 0.2) is 0 Å². The van der Waals surface area contributed by atoms with Crippen LogP contribution in [0.5, 0.6) is 0 Å². The summed E-state index contributed by atoms with van der Waals surface area (Å²) >= 11 is 0. The lowest BCUT2D eigenvalue weighted by Crippen LogP contribution is -2.49. The summed E-state index contributed by atoms with van der Waals surface area (Å²) < 4.78 is 2.01. The highest BCUT2D eigenvalue weighted by Gasteiger charge is 2.57. The summed E-state index contributed by atoms with van der Waals surface area (Å²) in [5.41, 5.74) is 1.22. The number of rotatable bonds is 3. The van der Waals surface area contributed by atoms with E-state index in [1.807, 2.05) is 10.9 Å². The molecule has 9 atom stereocenters. The average molecular weight is 394 g/mol. The lowest BCUT2D eigenvalue weighted by Gasteiger charge is -2.56. The molecule has 4 saturated carbocycles. The Hall–Kier alpha value is -1.30. The van der Waals surface area contributed by atoms with E-state index in [1.165, 1.54) is 57.8 Å². The Bertz CT molecular complexity index is 775. The van der Waals surface area contributed by atoms with Crippen molar-refractivity contribution in [3.8, 4) is 6.07 Å². The molecule has 4 fully saturated rings. The summed E-state index contributed by atoms with van der Waals surface area (Å²) in [7, 11) is 0. The Morgan fingerprint density at radius 2 is 1.97 bits per heavy atom. The maximum absolute atomic E-state index is 9.10. The van der Waals surface area contributed by atoms with Gasteiger partial charge in [-0.2, -0.15) is 10.4 Å². The van der Waals surface area contributed by atoms with Gasteiger partial charge in [-0.15, -0.1) is 0 Å². The fourth-order valence-corrected chi connectivity index (χ4v) is 9.01. The molecule has 158 valence electrons. The van der Waals surface area contributed by atoms with Gasteiger partial charge in [-0.1, -0.05) is 27.2 Å². The lowest BCUT2D eigenvalue weighted by atomic mass is 9.49. The molecule has 3 nitrogen and oxygen atoms in total. The maximum atomic E-state index is 9.10. The van der Waals surface area contributed by atoms with Gasteiger partial charge in [0.2, 0.25) is 0 Å². The van der Waals surface area contributed by atoms with Crippen molar-refractivity contribution in [3.63, 3.8) is 0 Å². The van der Waals surface area contributed by atoms with Crippen LogP contribution in [0.15, 0.2) is 12.4 Å². The molecule has 0 aliphatic heterocycles. The molecular weight excluding hydrogens is 354 g/mol. The molecular formula is C26H39N3. The van der Waals surface area contributed by atoms with Crippen molar-refractivity contribution in [1.82, 2.24) is 9.78 Å². The van der Waals surface area contributed by atoms with Gasteiger partial charge >= 0.3 is 0 Å². The molecule has 29 heavy (non-hydrogen) atoms. The fourth-order valence-electron chi connectivity index (χ4n) is 9.01. The minimum absolute atomic E-state index is 0.528. The van der Waals surface area contributed by atoms with Crippen molar-refractivity contribution in [2.24, 2.45) is 52.8 Å². The molecule has 0 saturated heterocycles. The van der Waals surface area contributed by atoms with Gasteiger partial charge in [-0.05, 0) is 104 Å². The fraction of sp³-hybridized carbons (Fsp3) is 0.846. The zero-order valence-electron chi connectivity index (χ0n) is 18.7. The molecule has 3 heteroatoms. The minimum atomic E-state index is 0.528. The van der Waals surface area contributed by atoms with Gasteiger partial charge in [-0.3, -0.25) is 4.68 Å². The third-order valence-corrected chi connectivity index (χ3v) is 10.2. The predicted molar refractivity (Wildman–Crippen MR) is 116 cm³/mol. The molecule has 1 aromatic rings. The van der Waals surface area contributed by atoms with E-state index in [1.54, 1.807) is 6.20 Å². The SMILES string of the molecule is C[C@H]1CC[C@@H]2C3CC[C@@]4(C)C(CCC4[C@@H](C)Cn4cc(C#N)cn4)[C@@H]3CC[C@@H]2C1. The first kappa shape index (κ1) is 19.7. The summed E-state index contributed by atoms with van der Waals surface area (Å²) in [6.07, 6.45) is 17.0. The predicted octanol–water partition coefficient (Wildman–Crippen LogP) is 6.30. The lowest BCUT2D eigenvalue weighted by molar-refractivity contribution is -0.0737. The van der Waals surface area contributed by atoms with E-state index in [9.17, 15) is 0 Å². The molecule has 0 radical (unpaired) electrons. The Balaban J connectivity index is 1.30. The first-order valence-corrected chi connectivity index (χ1v) is 12.4. The zero-order valence-corrected chi connectivity index (χ0v) is 18.7. The van der Waals surface area contributed by atoms with Crippen LogP contribution in [-0.4, -0.2) is 9.78 Å². The topological polar surface area (TPSA) is 41.6 Å². The van der Waals surface area contributed by atoms with Gasteiger partial charge in [0.25, 0.3) is 0 Å². The summed E-state index contributed by atoms with van der Waals surface area (Å²) in [6.45, 7) is 8.55. The van der Waals surface area contributed by atoms with E-state index < -0.39 is 0 Å². The number of fused-ring (bicyclic) bond motifs is 5. The van der Waals surface area contributed by atoms with Crippen molar-refractivity contribution >= 4 is 0 Å². The van der Waals surface area contributed by atoms with Crippen LogP contribution in [0.1, 0.15) is 84.1 Å². The van der Waals surface area contributed by atoms with Gasteiger partial charge in [0, 0.05) is 12.7 Å². The van der Waals surface area contributed by atoms with E-state index in [2.05, 4.69) is 31.9 Å². The van der Waals surface area contributed by atoms with Gasteiger partial charge < -0.3 is 0 Å². The number of hydrogen-bond donors (Lipinski definition) is 0. The van der Waals surface area contributed by atoms with Crippen molar-refractivity contribution < 1.29 is 0 Å². The van der Waals surface area contributed by atoms with E-state index >= 15 is 0 Å². The number of aromatic nitrogens is 2. The molecule has 4 aliphatic rings. The van der Waals surface area contributed by atoms with E-state index in [4.69, 9.17) is 5.26 Å². The zero-order chi connectivity index (χ0) is 20.2. The Morgan fingerprint density at radius 1 is 1.14 bits per heavy atom. The third kappa shape index (κ3) is 3.26. The highest BCUT2D eigenvalue weighted by atomic mass is 15.3. The van der Waals surface area contributed by atoms with E-state index in [-0.39, 0.29) is 0 Å². The molecule has 5 rings (SSSR count). The second kappa shape index (κ2) is 7.44. The number of hydrogen-bond acceptors (Lipinski definition) is 2. The summed E-state index contributed by atoms with van der Waals surface area (Å²) in [5, 5.41) is 13.5. The normalized spacial score (nSPS) is 45.0. The van der Waals surface area contributed by atoms with Crippen LogP contribution >= 0.6 is 0 Å². The Kier molecular flexibility index (Phi) is 5.04. The molecule has 3 unspecified atom stereocenters. The Morgan fingerprint density at radius 3 is 2.76 bits per heavy atom. The van der Waals surface area contributed by atoms with Crippen molar-refractivity contribution in [3.05, 3.63) is 18.0 Å². The highest BCUT2D eigenvalue weighted by molar-refractivity contribution is 5.21. The second-order valence-electron chi connectivity index (χ2n) is 11.6. The van der Waals surface area contributed by atoms with Crippen molar-refractivity contribution in [2.75, 3.05) is 0 Å². The van der Waals surface area contributed by atoms with Gasteiger partial charge in [0.05, 0.1) is 11.8 Å². The first-order chi connectivity index (χ1) is 14.0. The Labute approximate surface area is 177 Å². The van der Waals surface area contributed by atoms with Crippen molar-refractivity contribution in [2.45, 2.75) is 85.1 Å². The van der Waals surface area contributed by atoms with Gasteiger partial charge in [-0.25, -0.2) is 0 Å². The standard InChI is InChI=1S/C26H39N3/c1-17-4-6-21-20(12-17)5-7-23-22(21)10-11-26(3)24(8-9-25(23)26)18(2)15-29-16-19(13-27)14-28-29/h14,16-18,20-25H,4-12,15H2,1-3H3/t17-,18-,20+,21-,22?,23+,24?,25?,26+/m0/s1. The number of nitriles is 1. The third-order valence-electron chi connectivity index (χ3n) is 10.2. The molecule has 0 spiro atoms. The first-order valence-electron chi connectivity index (χ1n) is 12.4. The molecule has 1 heterocycles. The smallest absolute Gasteiger partial charge is 0.102 e. The quantitative estimate of drug-likeness (QED) is 0.605. The van der Waals surface area contributed by atoms with Crippen LogP contribution in [0.3, 0.4) is 0 Å². The second-order valence-corrected chi connectivity index (χ2v) is 11.6. The molecule has 0 amide bonds. The molecule has 0 N–H and O–H groups in total. The van der Waals surface area contributed by atoms with Crippen LogP contribution in [0.25, 0.3) is 0 Å². The average Bonchev–Trinajstić information content (AvgIpc) is 3.30. The molecule has 0 bridgehead atoms. The summed E-state index contributed by atoms with van der Waals surface area (Å²) in [6, 6.07) is 2.22. The number of nitrogens with zero attached hydrogens (tertiary/aromatic N) is 3. The highest BCUT2D eigenvalue weighted by Crippen LogP contribution is 2.65. The largest absolute Gasteiger partial charge is 0.271 e. The van der Waals surface area contributed by atoms with E-state index in [0.29, 0.717) is 16.9 Å². The minimum Gasteiger partial charge on any atom is -0.271 e. The van der Waals surface area contributed by atoms with Crippen LogP contribution in [-0.2, 0) is 6.54 Å². The van der Waals surface area contributed by atoms with Crippen LogP contribution in [0.4, 0.5) is 0 Å². The molecule has 0 aromatic carbocycles. The maximum Gasteiger partial charge on any atom is 0.102 e. The molecule has 4 aliphatic carbocycles. The van der Waals surface area contributed by atoms with Gasteiger partial charge in [0.1, 0.15) is 6.07 Å². The molecule has 1 aromatic heterocycles. The summed E-state index contributed by atoms with van der Waals surface area (Å²) in [5.74, 6) is 7.54. The summed E-state index contributed by atoms with van der Waals surface area (Å²) in [4.78, 5) is 0.